The molecular formula is C13H24N4O6. The number of aliphatic hydroxyl groups is 3. The fraction of sp³-hybridized carbons (Fsp3) is 0.769. The van der Waals surface area contributed by atoms with Gasteiger partial charge in [-0.1, -0.05) is 0 Å². The van der Waals surface area contributed by atoms with Crippen molar-refractivity contribution < 1.29 is 30.0 Å². The number of carboxylic acids is 1. The SMILES string of the molecule is CC(=O)NC(C(O)C(O)CO)[C@H]1C[C@@H](C(=O)O)C[C@@H]1N=C(N)N. The number of nitrogens with zero attached hydrogens (tertiary/aromatic N) is 1. The Kier molecular flexibility index (Phi) is 6.73. The van der Waals surface area contributed by atoms with Crippen molar-refractivity contribution in [2.75, 3.05) is 6.61 Å². The molecule has 1 fully saturated rings. The van der Waals surface area contributed by atoms with Gasteiger partial charge in [-0.3, -0.25) is 9.59 Å². The smallest absolute Gasteiger partial charge is 0.306 e. The number of amides is 1. The number of aliphatic hydroxyl groups excluding tert-OH is 3. The van der Waals surface area contributed by atoms with Crippen molar-refractivity contribution in [3.8, 4) is 0 Å². The van der Waals surface area contributed by atoms with Crippen LogP contribution in [0.1, 0.15) is 19.8 Å². The summed E-state index contributed by atoms with van der Waals surface area (Å²) in [5.74, 6) is -3.06. The average Bonchev–Trinajstić information content (AvgIpc) is 2.86. The summed E-state index contributed by atoms with van der Waals surface area (Å²) in [6, 6.07) is -1.62. The lowest BCUT2D eigenvalue weighted by Crippen LogP contribution is -2.54. The number of hydrogen-bond donors (Lipinski definition) is 7. The second-order valence-corrected chi connectivity index (χ2v) is 5.76. The maximum absolute atomic E-state index is 11.4. The lowest BCUT2D eigenvalue weighted by molar-refractivity contribution is -0.141. The van der Waals surface area contributed by atoms with Crippen LogP contribution >= 0.6 is 0 Å². The third-order valence-corrected chi connectivity index (χ3v) is 4.02. The van der Waals surface area contributed by atoms with E-state index in [4.69, 9.17) is 16.6 Å². The summed E-state index contributed by atoms with van der Waals surface area (Å²) in [7, 11) is 0. The first-order chi connectivity index (χ1) is 10.7. The minimum atomic E-state index is -1.49. The van der Waals surface area contributed by atoms with Crippen LogP contribution in [0.3, 0.4) is 0 Å². The minimum absolute atomic E-state index is 0.122. The molecule has 0 aromatic rings. The summed E-state index contributed by atoms with van der Waals surface area (Å²) in [5.41, 5.74) is 10.7. The number of guanidine groups is 1. The van der Waals surface area contributed by atoms with Gasteiger partial charge in [-0.15, -0.1) is 0 Å². The molecule has 1 aliphatic carbocycles. The molecule has 0 saturated heterocycles. The Bertz CT molecular complexity index is 467. The largest absolute Gasteiger partial charge is 0.481 e. The molecule has 132 valence electrons. The Morgan fingerprint density at radius 2 is 1.91 bits per heavy atom. The van der Waals surface area contributed by atoms with Crippen molar-refractivity contribution in [2.45, 2.75) is 44.1 Å². The average molecular weight is 332 g/mol. The Balaban J connectivity index is 3.10. The molecule has 0 aliphatic heterocycles. The highest BCUT2D eigenvalue weighted by atomic mass is 16.4. The van der Waals surface area contributed by atoms with E-state index in [0.717, 1.165) is 0 Å². The van der Waals surface area contributed by atoms with E-state index in [1.807, 2.05) is 0 Å². The zero-order valence-electron chi connectivity index (χ0n) is 12.8. The van der Waals surface area contributed by atoms with Crippen LogP contribution in [0.5, 0.6) is 0 Å². The predicted octanol–water partition coefficient (Wildman–Crippen LogP) is -3.04. The maximum atomic E-state index is 11.4. The van der Waals surface area contributed by atoms with Crippen LogP contribution in [0, 0.1) is 11.8 Å². The third kappa shape index (κ3) is 5.05. The normalized spacial score (nSPS) is 27.7. The van der Waals surface area contributed by atoms with E-state index in [9.17, 15) is 24.9 Å². The van der Waals surface area contributed by atoms with Gasteiger partial charge in [-0.25, -0.2) is 4.99 Å². The second-order valence-electron chi connectivity index (χ2n) is 5.76. The summed E-state index contributed by atoms with van der Waals surface area (Å²) in [6.45, 7) is 0.517. The quantitative estimate of drug-likeness (QED) is 0.189. The van der Waals surface area contributed by atoms with E-state index in [2.05, 4.69) is 10.3 Å². The summed E-state index contributed by atoms with van der Waals surface area (Å²) < 4.78 is 0. The second kappa shape index (κ2) is 8.09. The molecule has 0 aromatic carbocycles. The Hall–Kier alpha value is -1.91. The molecule has 0 aromatic heterocycles. The molecule has 6 atom stereocenters. The van der Waals surface area contributed by atoms with E-state index in [0.29, 0.717) is 0 Å². The van der Waals surface area contributed by atoms with E-state index in [1.54, 1.807) is 0 Å². The first kappa shape index (κ1) is 19.1. The Morgan fingerprint density at radius 1 is 1.30 bits per heavy atom. The van der Waals surface area contributed by atoms with Gasteiger partial charge in [0.25, 0.3) is 0 Å². The van der Waals surface area contributed by atoms with Crippen molar-refractivity contribution in [2.24, 2.45) is 28.3 Å². The number of rotatable bonds is 7. The van der Waals surface area contributed by atoms with Gasteiger partial charge in [-0.05, 0) is 12.8 Å². The lowest BCUT2D eigenvalue weighted by atomic mass is 9.87. The number of carboxylic acid groups (broad SMARTS) is 1. The third-order valence-electron chi connectivity index (χ3n) is 4.02. The van der Waals surface area contributed by atoms with Gasteiger partial charge in [-0.2, -0.15) is 0 Å². The first-order valence-electron chi connectivity index (χ1n) is 7.23. The summed E-state index contributed by atoms with van der Waals surface area (Å²) in [4.78, 5) is 26.6. The number of aliphatic carboxylic acids is 1. The lowest BCUT2D eigenvalue weighted by Gasteiger charge is -2.33. The topological polar surface area (TPSA) is 191 Å². The standard InChI is InChI=1S/C13H24N4O6/c1-5(19)16-10(11(21)9(20)4-18)7-2-6(12(22)23)3-8(7)17-13(14)15/h6-11,18,20-21H,2-4H2,1H3,(H,16,19)(H,22,23)(H4,14,15,17)/t6-,7+,8+,9?,10?,11?/m1/s1. The number of nitrogens with one attached hydrogen (secondary N) is 1. The van der Waals surface area contributed by atoms with Crippen LogP contribution in [0.4, 0.5) is 0 Å². The van der Waals surface area contributed by atoms with Crippen LogP contribution < -0.4 is 16.8 Å². The molecule has 3 unspecified atom stereocenters. The predicted molar refractivity (Wildman–Crippen MR) is 80.2 cm³/mol. The van der Waals surface area contributed by atoms with Crippen molar-refractivity contribution >= 4 is 17.8 Å². The molecule has 0 bridgehead atoms. The van der Waals surface area contributed by atoms with Crippen LogP contribution in [0.25, 0.3) is 0 Å². The Morgan fingerprint density at radius 3 is 2.35 bits per heavy atom. The van der Waals surface area contributed by atoms with Crippen LogP contribution in [0.15, 0.2) is 4.99 Å². The van der Waals surface area contributed by atoms with Crippen LogP contribution in [0.2, 0.25) is 0 Å². The highest BCUT2D eigenvalue weighted by Crippen LogP contribution is 2.37. The van der Waals surface area contributed by atoms with Gasteiger partial charge >= 0.3 is 5.97 Å². The zero-order chi connectivity index (χ0) is 17.7. The number of hydrogen-bond acceptors (Lipinski definition) is 6. The molecule has 1 rings (SSSR count). The van der Waals surface area contributed by atoms with Gasteiger partial charge in [0, 0.05) is 12.8 Å². The van der Waals surface area contributed by atoms with Crippen LogP contribution in [-0.2, 0) is 9.59 Å². The summed E-state index contributed by atoms with van der Waals surface area (Å²) in [6.07, 6.45) is -2.71. The molecule has 23 heavy (non-hydrogen) atoms. The molecule has 10 heteroatoms. The van der Waals surface area contributed by atoms with Crippen molar-refractivity contribution in [3.63, 3.8) is 0 Å². The molecule has 0 spiro atoms. The fourth-order valence-corrected chi connectivity index (χ4v) is 3.00. The number of carbonyl (C=O) groups excluding carboxylic acids is 1. The molecule has 0 radical (unpaired) electrons. The molecule has 1 aliphatic rings. The number of aliphatic imine (C=N–C) groups is 1. The molecule has 1 amide bonds. The molecular weight excluding hydrogens is 308 g/mol. The maximum Gasteiger partial charge on any atom is 0.306 e. The first-order valence-corrected chi connectivity index (χ1v) is 7.23. The van der Waals surface area contributed by atoms with E-state index in [-0.39, 0.29) is 18.8 Å². The monoisotopic (exact) mass is 332 g/mol. The minimum Gasteiger partial charge on any atom is -0.481 e. The van der Waals surface area contributed by atoms with E-state index in [1.165, 1.54) is 6.92 Å². The van der Waals surface area contributed by atoms with Gasteiger partial charge in [0.15, 0.2) is 5.96 Å². The Labute approximate surface area is 133 Å². The molecule has 10 nitrogen and oxygen atoms in total. The molecule has 9 N–H and O–H groups in total. The molecule has 0 heterocycles. The molecule has 1 saturated carbocycles. The van der Waals surface area contributed by atoms with Crippen molar-refractivity contribution in [1.82, 2.24) is 5.32 Å². The fourth-order valence-electron chi connectivity index (χ4n) is 3.00. The van der Waals surface area contributed by atoms with Crippen LogP contribution in [-0.4, -0.2) is 69.2 Å². The highest BCUT2D eigenvalue weighted by Gasteiger charge is 2.45. The highest BCUT2D eigenvalue weighted by molar-refractivity contribution is 5.76. The number of carbonyl (C=O) groups is 2. The summed E-state index contributed by atoms with van der Waals surface area (Å²) in [5, 5.41) is 40.5. The van der Waals surface area contributed by atoms with Crippen molar-refractivity contribution in [1.29, 1.82) is 0 Å². The van der Waals surface area contributed by atoms with Gasteiger partial charge < -0.3 is 37.2 Å². The van der Waals surface area contributed by atoms with Gasteiger partial charge in [0.05, 0.1) is 24.6 Å². The zero-order valence-corrected chi connectivity index (χ0v) is 12.8. The number of nitrogens with two attached hydrogens (primary N) is 2. The van der Waals surface area contributed by atoms with E-state index >= 15 is 0 Å². The van der Waals surface area contributed by atoms with Gasteiger partial charge in [0.2, 0.25) is 5.91 Å². The summed E-state index contributed by atoms with van der Waals surface area (Å²) >= 11 is 0. The van der Waals surface area contributed by atoms with Crippen molar-refractivity contribution in [3.05, 3.63) is 0 Å². The van der Waals surface area contributed by atoms with Gasteiger partial charge in [0.1, 0.15) is 12.2 Å². The van der Waals surface area contributed by atoms with E-state index < -0.39 is 54.6 Å².